The van der Waals surface area contributed by atoms with Gasteiger partial charge in [-0.1, -0.05) is 24.3 Å². The highest BCUT2D eigenvalue weighted by Crippen LogP contribution is 2.33. The maximum atomic E-state index is 13.1. The van der Waals surface area contributed by atoms with Crippen molar-refractivity contribution >= 4 is 27.1 Å². The summed E-state index contributed by atoms with van der Waals surface area (Å²) in [4.78, 5) is 20.3. The first-order valence-corrected chi connectivity index (χ1v) is 8.76. The number of nitrogens with zero attached hydrogens (tertiary/aromatic N) is 3. The number of nitro benzene ring substituents is 2. The number of hydrogen-bond acceptors (Lipinski definition) is 6. The first-order chi connectivity index (χ1) is 12.2. The van der Waals surface area contributed by atoms with E-state index < -0.39 is 30.5 Å². The van der Waals surface area contributed by atoms with Gasteiger partial charge in [0.2, 0.25) is 0 Å². The minimum absolute atomic E-state index is 0.0530. The zero-order valence-electron chi connectivity index (χ0n) is 13.7. The molecule has 0 N–H and O–H groups in total. The van der Waals surface area contributed by atoms with E-state index in [9.17, 15) is 28.6 Å². The molecule has 10 heteroatoms. The lowest BCUT2D eigenvalue weighted by Crippen LogP contribution is -2.32. The molecule has 0 aliphatic heterocycles. The first kappa shape index (κ1) is 19.1. The Labute approximate surface area is 149 Å². The van der Waals surface area contributed by atoms with Crippen LogP contribution in [0.25, 0.3) is 0 Å². The van der Waals surface area contributed by atoms with Crippen LogP contribution >= 0.6 is 0 Å². The van der Waals surface area contributed by atoms with Crippen LogP contribution in [0, 0.1) is 27.2 Å². The minimum atomic E-state index is -4.36. The standard InChI is InChI=1S/C16H15N3O6S/c1-3-10-17(15-11-13(18(20)21)9-8-12(15)2)26(24,25)16-7-5-4-6-14(16)19(22)23/h3-9,11H,1,10H2,2H3. The smallest absolute Gasteiger partial charge is 0.262 e. The monoisotopic (exact) mass is 377 g/mol. The van der Waals surface area contributed by atoms with Gasteiger partial charge in [-0.05, 0) is 18.6 Å². The van der Waals surface area contributed by atoms with Gasteiger partial charge in [0.05, 0.1) is 22.1 Å². The van der Waals surface area contributed by atoms with Crippen LogP contribution in [0.4, 0.5) is 17.1 Å². The van der Waals surface area contributed by atoms with Gasteiger partial charge in [0.25, 0.3) is 21.4 Å². The Hall–Kier alpha value is -3.27. The van der Waals surface area contributed by atoms with Crippen molar-refractivity contribution in [2.45, 2.75) is 11.8 Å². The normalized spacial score (nSPS) is 11.0. The highest BCUT2D eigenvalue weighted by atomic mass is 32.2. The van der Waals surface area contributed by atoms with E-state index in [1.165, 1.54) is 30.3 Å². The van der Waals surface area contributed by atoms with Crippen LogP contribution in [0.3, 0.4) is 0 Å². The molecule has 26 heavy (non-hydrogen) atoms. The van der Waals surface area contributed by atoms with Crippen LogP contribution < -0.4 is 4.31 Å². The summed E-state index contributed by atoms with van der Waals surface area (Å²) in [6.07, 6.45) is 1.30. The maximum Gasteiger partial charge on any atom is 0.289 e. The van der Waals surface area contributed by atoms with Gasteiger partial charge in [0, 0.05) is 18.2 Å². The van der Waals surface area contributed by atoms with Crippen LogP contribution in [0.5, 0.6) is 0 Å². The fourth-order valence-electron chi connectivity index (χ4n) is 2.37. The average molecular weight is 377 g/mol. The van der Waals surface area contributed by atoms with Gasteiger partial charge in [-0.25, -0.2) is 8.42 Å². The third kappa shape index (κ3) is 3.54. The second-order valence-corrected chi connectivity index (χ2v) is 7.11. The van der Waals surface area contributed by atoms with Crippen molar-refractivity contribution in [3.8, 4) is 0 Å². The van der Waals surface area contributed by atoms with Crippen molar-refractivity contribution in [1.82, 2.24) is 0 Å². The van der Waals surface area contributed by atoms with Crippen LogP contribution in [0.2, 0.25) is 0 Å². The molecule has 0 saturated heterocycles. The number of aryl methyl sites for hydroxylation is 1. The molecular weight excluding hydrogens is 362 g/mol. The summed E-state index contributed by atoms with van der Waals surface area (Å²) < 4.78 is 27.0. The zero-order valence-corrected chi connectivity index (χ0v) is 14.5. The van der Waals surface area contributed by atoms with Crippen LogP contribution in [-0.2, 0) is 10.0 Å². The Kier molecular flexibility index (Phi) is 5.36. The Morgan fingerprint density at radius 2 is 1.77 bits per heavy atom. The van der Waals surface area contributed by atoms with Gasteiger partial charge >= 0.3 is 0 Å². The van der Waals surface area contributed by atoms with E-state index in [-0.39, 0.29) is 17.9 Å². The number of rotatable bonds is 7. The lowest BCUT2D eigenvalue weighted by atomic mass is 10.2. The van der Waals surface area contributed by atoms with Crippen molar-refractivity contribution in [2.75, 3.05) is 10.8 Å². The summed E-state index contributed by atoms with van der Waals surface area (Å²) >= 11 is 0. The Balaban J connectivity index is 2.72. The minimum Gasteiger partial charge on any atom is -0.262 e. The molecular formula is C16H15N3O6S. The van der Waals surface area contributed by atoms with Crippen molar-refractivity contribution in [2.24, 2.45) is 0 Å². The first-order valence-electron chi connectivity index (χ1n) is 7.32. The molecule has 0 bridgehead atoms. The highest BCUT2D eigenvalue weighted by Gasteiger charge is 2.32. The number of para-hydroxylation sites is 1. The number of hydrogen-bond donors (Lipinski definition) is 0. The predicted octanol–water partition coefficient (Wildman–Crippen LogP) is 3.19. The Morgan fingerprint density at radius 3 is 2.35 bits per heavy atom. The molecule has 0 fully saturated rings. The lowest BCUT2D eigenvalue weighted by molar-refractivity contribution is -0.387. The van der Waals surface area contributed by atoms with Crippen LogP contribution in [-0.4, -0.2) is 24.8 Å². The van der Waals surface area contributed by atoms with E-state index in [1.807, 2.05) is 0 Å². The third-order valence-corrected chi connectivity index (χ3v) is 5.42. The SMILES string of the molecule is C=CCN(c1cc([N+](=O)[O-])ccc1C)S(=O)(=O)c1ccccc1[N+](=O)[O-]. The molecule has 0 atom stereocenters. The number of non-ortho nitro benzene ring substituents is 1. The Bertz CT molecular complexity index is 987. The molecule has 0 radical (unpaired) electrons. The van der Waals surface area contributed by atoms with E-state index in [0.29, 0.717) is 5.56 Å². The summed E-state index contributed by atoms with van der Waals surface area (Å²) in [5, 5.41) is 22.2. The van der Waals surface area contributed by atoms with Crippen molar-refractivity contribution < 1.29 is 18.3 Å². The molecule has 2 rings (SSSR count). The van der Waals surface area contributed by atoms with Crippen molar-refractivity contribution in [1.29, 1.82) is 0 Å². The van der Waals surface area contributed by atoms with Gasteiger partial charge in [0.15, 0.2) is 4.90 Å². The lowest BCUT2D eigenvalue weighted by Gasteiger charge is -2.24. The van der Waals surface area contributed by atoms with Gasteiger partial charge in [-0.15, -0.1) is 6.58 Å². The second-order valence-electron chi connectivity index (χ2n) is 5.28. The van der Waals surface area contributed by atoms with Crippen LogP contribution in [0.15, 0.2) is 60.0 Å². The summed E-state index contributed by atoms with van der Waals surface area (Å²) in [6, 6.07) is 8.71. The summed E-state index contributed by atoms with van der Waals surface area (Å²) in [7, 11) is -4.36. The van der Waals surface area contributed by atoms with E-state index in [1.54, 1.807) is 6.92 Å². The number of nitro groups is 2. The molecule has 0 aliphatic carbocycles. The van der Waals surface area contributed by atoms with Gasteiger partial charge < -0.3 is 0 Å². The molecule has 0 spiro atoms. The summed E-state index contributed by atoms with van der Waals surface area (Å²) in [6.45, 7) is 4.88. The van der Waals surface area contributed by atoms with Gasteiger partial charge in [-0.3, -0.25) is 24.5 Å². The number of sulfonamides is 1. The molecule has 2 aromatic carbocycles. The molecule has 0 saturated carbocycles. The number of anilines is 1. The zero-order chi connectivity index (χ0) is 19.5. The molecule has 136 valence electrons. The molecule has 0 amide bonds. The molecule has 0 aromatic heterocycles. The fourth-order valence-corrected chi connectivity index (χ4v) is 4.02. The van der Waals surface area contributed by atoms with Crippen LogP contribution in [0.1, 0.15) is 5.56 Å². The molecule has 0 heterocycles. The van der Waals surface area contributed by atoms with E-state index in [0.717, 1.165) is 22.5 Å². The fraction of sp³-hybridized carbons (Fsp3) is 0.125. The quantitative estimate of drug-likeness (QED) is 0.415. The topological polar surface area (TPSA) is 124 Å². The maximum absolute atomic E-state index is 13.1. The highest BCUT2D eigenvalue weighted by molar-refractivity contribution is 7.93. The molecule has 0 aliphatic rings. The summed E-state index contributed by atoms with van der Waals surface area (Å²) in [5.74, 6) is 0. The predicted molar refractivity (Wildman–Crippen MR) is 95.7 cm³/mol. The van der Waals surface area contributed by atoms with Gasteiger partial charge in [0.1, 0.15) is 0 Å². The van der Waals surface area contributed by atoms with Gasteiger partial charge in [-0.2, -0.15) is 0 Å². The third-order valence-electron chi connectivity index (χ3n) is 3.60. The van der Waals surface area contributed by atoms with Crippen molar-refractivity contribution in [3.05, 3.63) is 80.9 Å². The second kappa shape index (κ2) is 7.31. The van der Waals surface area contributed by atoms with E-state index >= 15 is 0 Å². The largest absolute Gasteiger partial charge is 0.289 e. The van der Waals surface area contributed by atoms with Crippen molar-refractivity contribution in [3.63, 3.8) is 0 Å². The van der Waals surface area contributed by atoms with E-state index in [4.69, 9.17) is 0 Å². The van der Waals surface area contributed by atoms with E-state index in [2.05, 4.69) is 6.58 Å². The molecule has 0 unspecified atom stereocenters. The summed E-state index contributed by atoms with van der Waals surface area (Å²) in [5.41, 5.74) is -0.362. The Morgan fingerprint density at radius 1 is 1.12 bits per heavy atom. The molecule has 9 nitrogen and oxygen atoms in total. The number of benzene rings is 2. The average Bonchev–Trinajstić information content (AvgIpc) is 2.60. The molecule has 2 aromatic rings.